The monoisotopic (exact) mass is 267 g/mol. The van der Waals surface area contributed by atoms with Crippen molar-refractivity contribution in [2.45, 2.75) is 12.5 Å². The summed E-state index contributed by atoms with van der Waals surface area (Å²) in [6.45, 7) is 0. The summed E-state index contributed by atoms with van der Waals surface area (Å²) in [5, 5.41) is 15.6. The van der Waals surface area contributed by atoms with E-state index in [1.54, 1.807) is 6.20 Å². The molecule has 0 radical (unpaired) electrons. The van der Waals surface area contributed by atoms with Gasteiger partial charge in [-0.15, -0.1) is 12.4 Å². The maximum Gasteiger partial charge on any atom is 0.320 e. The second kappa shape index (κ2) is 6.18. The summed E-state index contributed by atoms with van der Waals surface area (Å²) in [6, 6.07) is 8.54. The third-order valence-corrected chi connectivity index (χ3v) is 2.50. The number of hydrogen-bond acceptors (Lipinski definition) is 3. The Bertz CT molecular complexity index is 514. The quantitative estimate of drug-likeness (QED) is 0.782. The molecule has 0 unspecified atom stereocenters. The van der Waals surface area contributed by atoms with E-state index < -0.39 is 12.0 Å². The van der Waals surface area contributed by atoms with Crippen LogP contribution in [0.4, 0.5) is 0 Å². The first kappa shape index (κ1) is 14.2. The number of nitrogens with zero attached hydrogens (tertiary/aromatic N) is 1. The van der Waals surface area contributed by atoms with Crippen molar-refractivity contribution in [3.8, 4) is 11.3 Å². The van der Waals surface area contributed by atoms with Gasteiger partial charge in [0.05, 0.1) is 5.69 Å². The molecule has 1 heterocycles. The highest BCUT2D eigenvalue weighted by Crippen LogP contribution is 2.18. The van der Waals surface area contributed by atoms with Crippen LogP contribution in [0.2, 0.25) is 0 Å². The van der Waals surface area contributed by atoms with Crippen molar-refractivity contribution in [1.29, 1.82) is 0 Å². The minimum atomic E-state index is -0.991. The molecule has 96 valence electrons. The van der Waals surface area contributed by atoms with Gasteiger partial charge in [0.25, 0.3) is 0 Å². The lowest BCUT2D eigenvalue weighted by Crippen LogP contribution is -2.32. The summed E-state index contributed by atoms with van der Waals surface area (Å²) in [4.78, 5) is 10.7. The van der Waals surface area contributed by atoms with Gasteiger partial charge in [-0.25, -0.2) is 0 Å². The largest absolute Gasteiger partial charge is 0.480 e. The molecular formula is C12H14ClN3O2. The lowest BCUT2D eigenvalue weighted by atomic mass is 10.0. The van der Waals surface area contributed by atoms with E-state index in [-0.39, 0.29) is 12.4 Å². The molecule has 4 N–H and O–H groups in total. The first-order valence-electron chi connectivity index (χ1n) is 5.24. The van der Waals surface area contributed by atoms with E-state index in [9.17, 15) is 4.79 Å². The van der Waals surface area contributed by atoms with Gasteiger partial charge < -0.3 is 10.8 Å². The number of benzene rings is 1. The Hall–Kier alpha value is -1.85. The summed E-state index contributed by atoms with van der Waals surface area (Å²) >= 11 is 0. The molecule has 0 saturated carbocycles. The number of rotatable bonds is 4. The van der Waals surface area contributed by atoms with Crippen LogP contribution >= 0.6 is 12.4 Å². The zero-order valence-electron chi connectivity index (χ0n) is 9.54. The molecule has 18 heavy (non-hydrogen) atoms. The van der Waals surface area contributed by atoms with Gasteiger partial charge in [0, 0.05) is 11.8 Å². The summed E-state index contributed by atoms with van der Waals surface area (Å²) in [5.74, 6) is -0.991. The smallest absolute Gasteiger partial charge is 0.320 e. The summed E-state index contributed by atoms with van der Waals surface area (Å²) in [6.07, 6.45) is 2.05. The van der Waals surface area contributed by atoms with Crippen molar-refractivity contribution in [2.75, 3.05) is 0 Å². The van der Waals surface area contributed by atoms with E-state index in [0.29, 0.717) is 6.42 Å². The zero-order valence-corrected chi connectivity index (χ0v) is 10.4. The Kier molecular flexibility index (Phi) is 4.88. The number of carboxylic acid groups (broad SMARTS) is 1. The van der Waals surface area contributed by atoms with Gasteiger partial charge in [-0.2, -0.15) is 5.10 Å². The minimum Gasteiger partial charge on any atom is -0.480 e. The Balaban J connectivity index is 0.00000162. The topological polar surface area (TPSA) is 92.0 Å². The Morgan fingerprint density at radius 2 is 2.22 bits per heavy atom. The molecule has 0 fully saturated rings. The Labute approximate surface area is 110 Å². The molecule has 1 aromatic heterocycles. The average molecular weight is 268 g/mol. The van der Waals surface area contributed by atoms with Crippen molar-refractivity contribution in [2.24, 2.45) is 5.73 Å². The fraction of sp³-hybridized carbons (Fsp3) is 0.167. The SMILES string of the molecule is Cl.N[C@H](Cc1cccc(-c2cc[nH]n2)c1)C(=O)O. The molecule has 5 nitrogen and oxygen atoms in total. The molecule has 1 aromatic carbocycles. The molecule has 0 amide bonds. The van der Waals surface area contributed by atoms with Crippen LogP contribution in [0, 0.1) is 0 Å². The predicted molar refractivity (Wildman–Crippen MR) is 70.6 cm³/mol. The Morgan fingerprint density at radius 1 is 1.44 bits per heavy atom. The van der Waals surface area contributed by atoms with Gasteiger partial charge in [-0.1, -0.05) is 18.2 Å². The van der Waals surface area contributed by atoms with Crippen LogP contribution in [0.15, 0.2) is 36.5 Å². The number of aliphatic carboxylic acids is 1. The number of hydrogen-bond donors (Lipinski definition) is 3. The van der Waals surface area contributed by atoms with E-state index in [2.05, 4.69) is 10.2 Å². The highest BCUT2D eigenvalue weighted by molar-refractivity contribution is 5.85. The maximum absolute atomic E-state index is 10.7. The van der Waals surface area contributed by atoms with Crippen LogP contribution in [0.3, 0.4) is 0 Å². The number of nitrogens with two attached hydrogens (primary N) is 1. The van der Waals surface area contributed by atoms with Crippen LogP contribution in [0.25, 0.3) is 11.3 Å². The maximum atomic E-state index is 10.7. The number of carbonyl (C=O) groups is 1. The zero-order chi connectivity index (χ0) is 12.3. The molecule has 1 atom stereocenters. The normalized spacial score (nSPS) is 11.6. The summed E-state index contributed by atoms with van der Waals surface area (Å²) < 4.78 is 0. The van der Waals surface area contributed by atoms with Gasteiger partial charge >= 0.3 is 5.97 Å². The van der Waals surface area contributed by atoms with Crippen LogP contribution in [-0.4, -0.2) is 27.3 Å². The van der Waals surface area contributed by atoms with Crippen LogP contribution in [-0.2, 0) is 11.2 Å². The van der Waals surface area contributed by atoms with E-state index in [1.807, 2.05) is 30.3 Å². The summed E-state index contributed by atoms with van der Waals surface area (Å²) in [5.41, 5.74) is 8.16. The molecule has 2 aromatic rings. The lowest BCUT2D eigenvalue weighted by molar-refractivity contribution is -0.138. The third-order valence-electron chi connectivity index (χ3n) is 2.50. The number of H-pyrrole nitrogens is 1. The van der Waals surface area contributed by atoms with Gasteiger partial charge in [0.1, 0.15) is 6.04 Å². The molecule has 0 aliphatic heterocycles. The van der Waals surface area contributed by atoms with Gasteiger partial charge in [-0.3, -0.25) is 9.89 Å². The van der Waals surface area contributed by atoms with E-state index in [0.717, 1.165) is 16.8 Å². The molecule has 6 heteroatoms. The number of aromatic amines is 1. The molecule has 0 aliphatic rings. The summed E-state index contributed by atoms with van der Waals surface area (Å²) in [7, 11) is 0. The van der Waals surface area contributed by atoms with E-state index >= 15 is 0 Å². The van der Waals surface area contributed by atoms with Gasteiger partial charge in [0.15, 0.2) is 0 Å². The fourth-order valence-corrected chi connectivity index (χ4v) is 1.62. The molecular weight excluding hydrogens is 254 g/mol. The fourth-order valence-electron chi connectivity index (χ4n) is 1.62. The van der Waals surface area contributed by atoms with Gasteiger partial charge in [-0.05, 0) is 24.1 Å². The minimum absolute atomic E-state index is 0. The first-order valence-corrected chi connectivity index (χ1v) is 5.24. The number of carboxylic acids is 1. The highest BCUT2D eigenvalue weighted by atomic mass is 35.5. The highest BCUT2D eigenvalue weighted by Gasteiger charge is 2.12. The van der Waals surface area contributed by atoms with Gasteiger partial charge in [0.2, 0.25) is 0 Å². The van der Waals surface area contributed by atoms with Crippen molar-refractivity contribution in [3.05, 3.63) is 42.1 Å². The second-order valence-corrected chi connectivity index (χ2v) is 3.81. The van der Waals surface area contributed by atoms with Crippen molar-refractivity contribution in [3.63, 3.8) is 0 Å². The van der Waals surface area contributed by atoms with E-state index in [1.165, 1.54) is 0 Å². The Morgan fingerprint density at radius 3 is 2.83 bits per heavy atom. The van der Waals surface area contributed by atoms with Crippen molar-refractivity contribution < 1.29 is 9.90 Å². The molecule has 2 rings (SSSR count). The van der Waals surface area contributed by atoms with Crippen molar-refractivity contribution >= 4 is 18.4 Å². The predicted octanol–water partition coefficient (Wildman–Crippen LogP) is 1.45. The second-order valence-electron chi connectivity index (χ2n) is 3.81. The first-order chi connectivity index (χ1) is 8.16. The number of nitrogens with one attached hydrogen (secondary N) is 1. The molecule has 0 bridgehead atoms. The van der Waals surface area contributed by atoms with Crippen LogP contribution in [0.1, 0.15) is 5.56 Å². The van der Waals surface area contributed by atoms with Crippen molar-refractivity contribution in [1.82, 2.24) is 10.2 Å². The third kappa shape index (κ3) is 3.32. The van der Waals surface area contributed by atoms with Crippen LogP contribution < -0.4 is 5.73 Å². The van der Waals surface area contributed by atoms with Crippen LogP contribution in [0.5, 0.6) is 0 Å². The standard InChI is InChI=1S/C12H13N3O2.ClH/c13-10(12(16)17)7-8-2-1-3-9(6-8)11-4-5-14-15-11;/h1-6,10H,7,13H2,(H,14,15)(H,16,17);1H/t10-;/m1./s1. The molecule has 0 aliphatic carbocycles. The van der Waals surface area contributed by atoms with E-state index in [4.69, 9.17) is 10.8 Å². The number of halogens is 1. The average Bonchev–Trinajstić information content (AvgIpc) is 2.82. The molecule has 0 saturated heterocycles. The lowest BCUT2D eigenvalue weighted by Gasteiger charge is -2.07. The molecule has 0 spiro atoms. The number of aromatic nitrogens is 2.